The van der Waals surface area contributed by atoms with Gasteiger partial charge in [-0.3, -0.25) is 4.79 Å². The lowest BCUT2D eigenvalue weighted by molar-refractivity contribution is -0.137. The molecule has 0 rings (SSSR count). The van der Waals surface area contributed by atoms with Gasteiger partial charge in [0.05, 0.1) is 0 Å². The number of carbonyl (C=O) groups is 1. The van der Waals surface area contributed by atoms with Crippen LogP contribution >= 0.6 is 0 Å². The second kappa shape index (κ2) is 16.0. The molecule has 0 aliphatic rings. The van der Waals surface area contributed by atoms with Gasteiger partial charge in [-0.25, -0.2) is 0 Å². The van der Waals surface area contributed by atoms with Gasteiger partial charge in [0.2, 0.25) is 0 Å². The lowest BCUT2D eigenvalue weighted by Gasteiger charge is -1.98. The van der Waals surface area contributed by atoms with Gasteiger partial charge in [-0.05, 0) is 38.5 Å². The summed E-state index contributed by atoms with van der Waals surface area (Å²) in [7, 11) is 0. The Morgan fingerprint density at radius 2 is 1.55 bits per heavy atom. The molecule has 0 aromatic rings. The minimum absolute atomic E-state index is 0.0729. The van der Waals surface area contributed by atoms with E-state index in [9.17, 15) is 4.79 Å². The average Bonchev–Trinajstić information content (AvgIpc) is 2.51. The summed E-state index contributed by atoms with van der Waals surface area (Å²) in [6, 6.07) is 0. The molecular formula is C18H32O2. The third-order valence-electron chi connectivity index (χ3n) is 2.95. The summed E-state index contributed by atoms with van der Waals surface area (Å²) in [5.74, 6) is -1.74. The summed E-state index contributed by atoms with van der Waals surface area (Å²) in [4.78, 5) is 10.8. The summed E-state index contributed by atoms with van der Waals surface area (Å²) in [5.41, 5.74) is 0. The van der Waals surface area contributed by atoms with E-state index in [1.54, 1.807) is 0 Å². The number of allylic oxidation sites excluding steroid dienone is 4. The molecule has 0 saturated heterocycles. The van der Waals surface area contributed by atoms with Gasteiger partial charge in [0.15, 0.2) is 0 Å². The second-order valence-electron chi connectivity index (χ2n) is 4.88. The van der Waals surface area contributed by atoms with E-state index in [4.69, 9.17) is 10.6 Å². The standard InChI is InChI=1S/C18H32O2/c1-2-3-4-5-6-7-8-9-10-11-12-13-14-15-16-17-18(19)20/h6-7,9-10H,2-5,8,11-17H2,1H3,(H,19,20)/b7-6-,10-9-/i16D2,17D2. The van der Waals surface area contributed by atoms with Gasteiger partial charge in [0.1, 0.15) is 0 Å². The molecule has 0 aliphatic carbocycles. The Hall–Kier alpha value is -1.05. The molecule has 0 fully saturated rings. The summed E-state index contributed by atoms with van der Waals surface area (Å²) in [6.07, 6.45) is 12.3. The average molecular weight is 284 g/mol. The van der Waals surface area contributed by atoms with Crippen LogP contribution in [0.4, 0.5) is 0 Å². The van der Waals surface area contributed by atoms with Gasteiger partial charge < -0.3 is 5.11 Å². The summed E-state index contributed by atoms with van der Waals surface area (Å²) >= 11 is 0. The van der Waals surface area contributed by atoms with Crippen LogP contribution in [-0.2, 0) is 4.79 Å². The number of aliphatic carboxylic acids is 1. The Balaban J connectivity index is 3.73. The normalized spacial score (nSPS) is 16.1. The first-order chi connectivity index (χ1) is 11.3. The van der Waals surface area contributed by atoms with Crippen molar-refractivity contribution >= 4 is 5.97 Å². The van der Waals surface area contributed by atoms with Crippen LogP contribution in [0.5, 0.6) is 0 Å². The van der Waals surface area contributed by atoms with Gasteiger partial charge >= 0.3 is 5.97 Å². The zero-order valence-electron chi connectivity index (χ0n) is 16.7. The Bertz CT molecular complexity index is 404. The number of unbranched alkanes of at least 4 members (excludes halogenated alkanes) is 6. The van der Waals surface area contributed by atoms with E-state index in [2.05, 4.69) is 31.2 Å². The smallest absolute Gasteiger partial charge is 0.303 e. The molecule has 20 heavy (non-hydrogen) atoms. The van der Waals surface area contributed by atoms with E-state index in [0.717, 1.165) is 32.1 Å². The highest BCUT2D eigenvalue weighted by Gasteiger charge is 1.95. The fraction of sp³-hybridized carbons (Fsp3) is 0.722. The van der Waals surface area contributed by atoms with Crippen molar-refractivity contribution in [3.63, 3.8) is 0 Å². The molecule has 2 nitrogen and oxygen atoms in total. The number of carboxylic acids is 1. The van der Waals surface area contributed by atoms with E-state index in [-0.39, 0.29) is 6.42 Å². The molecule has 0 spiro atoms. The molecule has 0 unspecified atom stereocenters. The summed E-state index contributed by atoms with van der Waals surface area (Å²) in [5, 5.41) is 8.75. The molecule has 0 heterocycles. The van der Waals surface area contributed by atoms with Crippen LogP contribution in [0.3, 0.4) is 0 Å². The molecule has 0 aromatic carbocycles. The molecule has 0 aromatic heterocycles. The fourth-order valence-corrected chi connectivity index (χ4v) is 1.81. The zero-order valence-corrected chi connectivity index (χ0v) is 12.7. The van der Waals surface area contributed by atoms with Gasteiger partial charge in [0.25, 0.3) is 0 Å². The first kappa shape index (κ1) is 12.7. The van der Waals surface area contributed by atoms with Crippen LogP contribution in [0.1, 0.15) is 89.4 Å². The predicted molar refractivity (Wildman–Crippen MR) is 87.0 cm³/mol. The first-order valence-electron chi connectivity index (χ1n) is 9.79. The third kappa shape index (κ3) is 16.9. The number of rotatable bonds is 14. The molecule has 116 valence electrons. The first-order valence-corrected chi connectivity index (χ1v) is 7.79. The van der Waals surface area contributed by atoms with Gasteiger partial charge in [0, 0.05) is 11.9 Å². The highest BCUT2D eigenvalue weighted by molar-refractivity contribution is 5.66. The third-order valence-corrected chi connectivity index (χ3v) is 2.95. The van der Waals surface area contributed by atoms with E-state index in [1.165, 1.54) is 19.3 Å². The number of carboxylic acid groups (broad SMARTS) is 1. The number of hydrogen-bond donors (Lipinski definition) is 1. The van der Waals surface area contributed by atoms with Crippen LogP contribution in [0.2, 0.25) is 0 Å². The number of hydrogen-bond acceptors (Lipinski definition) is 1. The van der Waals surface area contributed by atoms with Crippen LogP contribution in [-0.4, -0.2) is 11.1 Å². The van der Waals surface area contributed by atoms with Crippen LogP contribution < -0.4 is 0 Å². The van der Waals surface area contributed by atoms with Crippen molar-refractivity contribution in [2.75, 3.05) is 0 Å². The lowest BCUT2D eigenvalue weighted by Crippen LogP contribution is -1.93. The maximum Gasteiger partial charge on any atom is 0.303 e. The van der Waals surface area contributed by atoms with E-state index >= 15 is 0 Å². The highest BCUT2D eigenvalue weighted by atomic mass is 16.4. The molecule has 0 atom stereocenters. The molecule has 0 bridgehead atoms. The van der Waals surface area contributed by atoms with Crippen molar-refractivity contribution in [3.05, 3.63) is 24.3 Å². The molecule has 0 aliphatic heterocycles. The van der Waals surface area contributed by atoms with Crippen LogP contribution in [0, 0.1) is 0 Å². The van der Waals surface area contributed by atoms with Gasteiger partial charge in [-0.1, -0.05) is 63.3 Å². The molecule has 0 amide bonds. The highest BCUT2D eigenvalue weighted by Crippen LogP contribution is 2.08. The maximum absolute atomic E-state index is 10.8. The molecular weight excluding hydrogens is 248 g/mol. The minimum Gasteiger partial charge on any atom is -0.481 e. The van der Waals surface area contributed by atoms with Gasteiger partial charge in [-0.15, -0.1) is 0 Å². The summed E-state index contributed by atoms with van der Waals surface area (Å²) in [6.45, 7) is 2.20. The molecule has 0 radical (unpaired) electrons. The van der Waals surface area contributed by atoms with Crippen molar-refractivity contribution in [1.82, 2.24) is 0 Å². The van der Waals surface area contributed by atoms with E-state index in [1.807, 2.05) is 0 Å². The quantitative estimate of drug-likeness (QED) is 0.319. The van der Waals surface area contributed by atoms with Gasteiger partial charge in [-0.2, -0.15) is 0 Å². The largest absolute Gasteiger partial charge is 0.481 e. The molecule has 2 heteroatoms. The van der Waals surface area contributed by atoms with Crippen molar-refractivity contribution in [2.45, 2.75) is 83.9 Å². The Labute approximate surface area is 130 Å². The second-order valence-corrected chi connectivity index (χ2v) is 4.88. The Morgan fingerprint density at radius 1 is 0.950 bits per heavy atom. The Morgan fingerprint density at radius 3 is 2.15 bits per heavy atom. The Kier molecular flexibility index (Phi) is 10.1. The summed E-state index contributed by atoms with van der Waals surface area (Å²) < 4.78 is 29.8. The van der Waals surface area contributed by atoms with Crippen molar-refractivity contribution in [2.24, 2.45) is 0 Å². The lowest BCUT2D eigenvalue weighted by atomic mass is 10.1. The van der Waals surface area contributed by atoms with Crippen molar-refractivity contribution in [1.29, 1.82) is 0 Å². The van der Waals surface area contributed by atoms with E-state index in [0.29, 0.717) is 6.42 Å². The zero-order chi connectivity index (χ0) is 18.5. The maximum atomic E-state index is 10.8. The van der Waals surface area contributed by atoms with Crippen molar-refractivity contribution < 1.29 is 15.4 Å². The predicted octanol–water partition coefficient (Wildman–Crippen LogP) is 5.88. The monoisotopic (exact) mass is 284 g/mol. The SMILES string of the molecule is [2H]C([2H])(CCCCC/C=C\C/C=C\CCCCC)C([2H])([2H])C(=O)O. The molecule has 1 N–H and O–H groups in total. The minimum atomic E-state index is -2.84. The van der Waals surface area contributed by atoms with Crippen LogP contribution in [0.25, 0.3) is 0 Å². The van der Waals surface area contributed by atoms with E-state index < -0.39 is 18.7 Å². The molecule has 0 saturated carbocycles. The van der Waals surface area contributed by atoms with Crippen LogP contribution in [0.15, 0.2) is 24.3 Å². The van der Waals surface area contributed by atoms with Crippen molar-refractivity contribution in [3.8, 4) is 0 Å². The fourth-order valence-electron chi connectivity index (χ4n) is 1.81. The topological polar surface area (TPSA) is 37.3 Å².